The van der Waals surface area contributed by atoms with Gasteiger partial charge in [-0.3, -0.25) is 14.2 Å². The van der Waals surface area contributed by atoms with E-state index in [2.05, 4.69) is 10.3 Å². The van der Waals surface area contributed by atoms with Crippen LogP contribution in [0.1, 0.15) is 19.4 Å². The fraction of sp³-hybridized carbons (Fsp3) is 0.250. The first-order valence-electron chi connectivity index (χ1n) is 8.57. The van der Waals surface area contributed by atoms with Crippen LogP contribution in [0, 0.1) is 0 Å². The molecule has 0 unspecified atom stereocenters. The summed E-state index contributed by atoms with van der Waals surface area (Å²) in [5.41, 5.74) is 0.860. The largest absolute Gasteiger partial charge is 0.497 e. The van der Waals surface area contributed by atoms with E-state index in [0.717, 1.165) is 0 Å². The van der Waals surface area contributed by atoms with Gasteiger partial charge in [0.1, 0.15) is 17.5 Å². The van der Waals surface area contributed by atoms with Crippen molar-refractivity contribution in [2.45, 2.75) is 19.4 Å². The number of nitrogens with zero attached hydrogens (tertiary/aromatic N) is 2. The summed E-state index contributed by atoms with van der Waals surface area (Å²) in [7, 11) is 3.07. The molecule has 3 rings (SSSR count). The number of methoxy groups -OCH3 is 2. The second-order valence-corrected chi connectivity index (χ2v) is 5.95. The molecule has 0 aliphatic carbocycles. The van der Waals surface area contributed by atoms with E-state index < -0.39 is 6.04 Å². The van der Waals surface area contributed by atoms with E-state index in [9.17, 15) is 9.59 Å². The Labute approximate surface area is 156 Å². The number of fused-ring (bicyclic) bond motifs is 1. The summed E-state index contributed by atoms with van der Waals surface area (Å²) < 4.78 is 11.8. The van der Waals surface area contributed by atoms with Crippen molar-refractivity contribution in [2.75, 3.05) is 19.5 Å². The lowest BCUT2D eigenvalue weighted by atomic mass is 10.1. The molecule has 0 spiro atoms. The smallest absolute Gasteiger partial charge is 0.261 e. The van der Waals surface area contributed by atoms with Crippen molar-refractivity contribution < 1.29 is 14.3 Å². The lowest BCUT2D eigenvalue weighted by Gasteiger charge is -2.19. The van der Waals surface area contributed by atoms with Crippen LogP contribution < -0.4 is 20.3 Å². The van der Waals surface area contributed by atoms with Gasteiger partial charge in [0, 0.05) is 6.07 Å². The number of ether oxygens (including phenoxy) is 2. The first-order chi connectivity index (χ1) is 13.1. The Morgan fingerprint density at radius 3 is 2.67 bits per heavy atom. The Morgan fingerprint density at radius 2 is 1.96 bits per heavy atom. The first-order valence-corrected chi connectivity index (χ1v) is 8.57. The summed E-state index contributed by atoms with van der Waals surface area (Å²) in [6, 6.07) is 11.5. The zero-order valence-electron chi connectivity index (χ0n) is 15.4. The fourth-order valence-corrected chi connectivity index (χ4v) is 2.93. The van der Waals surface area contributed by atoms with E-state index in [1.807, 2.05) is 13.0 Å². The van der Waals surface area contributed by atoms with Crippen LogP contribution in [0.2, 0.25) is 0 Å². The Morgan fingerprint density at radius 1 is 1.19 bits per heavy atom. The average Bonchev–Trinajstić information content (AvgIpc) is 2.70. The third kappa shape index (κ3) is 3.62. The molecular formula is C20H21N3O4. The maximum atomic E-state index is 12.9. The van der Waals surface area contributed by atoms with Crippen molar-refractivity contribution in [1.29, 1.82) is 0 Å². The minimum atomic E-state index is -0.693. The number of benzene rings is 2. The van der Waals surface area contributed by atoms with Crippen LogP contribution in [-0.2, 0) is 4.79 Å². The second-order valence-electron chi connectivity index (χ2n) is 5.95. The van der Waals surface area contributed by atoms with Crippen molar-refractivity contribution in [3.63, 3.8) is 0 Å². The maximum Gasteiger partial charge on any atom is 0.261 e. The summed E-state index contributed by atoms with van der Waals surface area (Å²) in [6.07, 6.45) is 1.86. The van der Waals surface area contributed by atoms with Gasteiger partial charge < -0.3 is 14.8 Å². The molecule has 140 valence electrons. The minimum absolute atomic E-state index is 0.246. The molecule has 0 bridgehead atoms. The summed E-state index contributed by atoms with van der Waals surface area (Å²) >= 11 is 0. The highest BCUT2D eigenvalue weighted by atomic mass is 16.5. The molecule has 3 aromatic rings. The zero-order valence-corrected chi connectivity index (χ0v) is 15.4. The Balaban J connectivity index is 1.94. The lowest BCUT2D eigenvalue weighted by molar-refractivity contribution is -0.119. The van der Waals surface area contributed by atoms with Crippen LogP contribution >= 0.6 is 0 Å². The predicted octanol–water partition coefficient (Wildman–Crippen LogP) is 3.00. The third-order valence-electron chi connectivity index (χ3n) is 4.38. The molecule has 0 fully saturated rings. The standard InChI is InChI=1S/C20H21N3O4/c1-4-17(23-12-21-15-8-6-5-7-14(15)20(23)25)19(24)22-16-10-9-13(26-2)11-18(16)27-3/h5-12,17H,4H2,1-3H3,(H,22,24)/t17-/m0/s1. The molecule has 0 saturated carbocycles. The molecule has 1 amide bonds. The molecule has 0 aliphatic rings. The van der Waals surface area contributed by atoms with E-state index >= 15 is 0 Å². The first kappa shape index (κ1) is 18.4. The van der Waals surface area contributed by atoms with Gasteiger partial charge in [-0.25, -0.2) is 4.98 Å². The highest BCUT2D eigenvalue weighted by Crippen LogP contribution is 2.29. The highest BCUT2D eigenvalue weighted by molar-refractivity contribution is 5.95. The van der Waals surface area contributed by atoms with E-state index in [4.69, 9.17) is 9.47 Å². The average molecular weight is 367 g/mol. The number of rotatable bonds is 6. The van der Waals surface area contributed by atoms with Gasteiger partial charge in [-0.2, -0.15) is 0 Å². The van der Waals surface area contributed by atoms with Gasteiger partial charge in [0.2, 0.25) is 5.91 Å². The highest BCUT2D eigenvalue weighted by Gasteiger charge is 2.22. The van der Waals surface area contributed by atoms with Crippen molar-refractivity contribution >= 4 is 22.5 Å². The van der Waals surface area contributed by atoms with Gasteiger partial charge in [-0.05, 0) is 30.7 Å². The van der Waals surface area contributed by atoms with Gasteiger partial charge in [0.15, 0.2) is 0 Å². The number of anilines is 1. The van der Waals surface area contributed by atoms with Gasteiger partial charge in [0.25, 0.3) is 5.56 Å². The van der Waals surface area contributed by atoms with Crippen molar-refractivity contribution in [3.05, 3.63) is 59.1 Å². The minimum Gasteiger partial charge on any atom is -0.497 e. The van der Waals surface area contributed by atoms with E-state index in [1.165, 1.54) is 18.0 Å². The molecule has 7 nitrogen and oxygen atoms in total. The quantitative estimate of drug-likeness (QED) is 0.724. The van der Waals surface area contributed by atoms with Crippen LogP contribution in [0.3, 0.4) is 0 Å². The number of carbonyl (C=O) groups excluding carboxylic acids is 1. The number of para-hydroxylation sites is 1. The topological polar surface area (TPSA) is 82.4 Å². The van der Waals surface area contributed by atoms with Crippen molar-refractivity contribution in [3.8, 4) is 11.5 Å². The predicted molar refractivity (Wildman–Crippen MR) is 104 cm³/mol. The van der Waals surface area contributed by atoms with Crippen molar-refractivity contribution in [1.82, 2.24) is 9.55 Å². The van der Waals surface area contributed by atoms with E-state index in [1.54, 1.807) is 43.5 Å². The van der Waals surface area contributed by atoms with Gasteiger partial charge in [-0.15, -0.1) is 0 Å². The van der Waals surface area contributed by atoms with Crippen LogP contribution in [0.25, 0.3) is 10.9 Å². The van der Waals surface area contributed by atoms with E-state index in [-0.39, 0.29) is 11.5 Å². The number of hydrogen-bond acceptors (Lipinski definition) is 5. The molecular weight excluding hydrogens is 346 g/mol. The zero-order chi connectivity index (χ0) is 19.4. The molecule has 1 aromatic heterocycles. The monoisotopic (exact) mass is 367 g/mol. The second kappa shape index (κ2) is 7.90. The maximum absolute atomic E-state index is 12.9. The number of amides is 1. The third-order valence-corrected chi connectivity index (χ3v) is 4.38. The molecule has 2 aromatic carbocycles. The molecule has 0 radical (unpaired) electrons. The molecule has 1 N–H and O–H groups in total. The molecule has 7 heteroatoms. The summed E-state index contributed by atoms with van der Waals surface area (Å²) in [5, 5.41) is 3.31. The number of aromatic nitrogens is 2. The fourth-order valence-electron chi connectivity index (χ4n) is 2.93. The van der Waals surface area contributed by atoms with Gasteiger partial charge in [-0.1, -0.05) is 19.1 Å². The Hall–Kier alpha value is -3.35. The molecule has 0 saturated heterocycles. The van der Waals surface area contributed by atoms with Gasteiger partial charge >= 0.3 is 0 Å². The molecule has 1 heterocycles. The van der Waals surface area contributed by atoms with Crippen LogP contribution in [0.4, 0.5) is 5.69 Å². The summed E-state index contributed by atoms with van der Waals surface area (Å²) in [6.45, 7) is 1.84. The van der Waals surface area contributed by atoms with Gasteiger partial charge in [0.05, 0.1) is 37.1 Å². The normalized spacial score (nSPS) is 11.8. The van der Waals surface area contributed by atoms with Crippen molar-refractivity contribution in [2.24, 2.45) is 0 Å². The molecule has 27 heavy (non-hydrogen) atoms. The molecule has 1 atom stereocenters. The number of carbonyl (C=O) groups is 1. The SMILES string of the molecule is CC[C@@H](C(=O)Nc1ccc(OC)cc1OC)n1cnc2ccccc2c1=O. The summed E-state index contributed by atoms with van der Waals surface area (Å²) in [4.78, 5) is 30.0. The Kier molecular flexibility index (Phi) is 5.40. The molecule has 0 aliphatic heterocycles. The summed E-state index contributed by atoms with van der Waals surface area (Å²) in [5.74, 6) is 0.772. The number of hydrogen-bond donors (Lipinski definition) is 1. The van der Waals surface area contributed by atoms with Crippen LogP contribution in [0.15, 0.2) is 53.6 Å². The van der Waals surface area contributed by atoms with Crippen LogP contribution in [-0.4, -0.2) is 29.7 Å². The Bertz CT molecular complexity index is 1030. The van der Waals surface area contributed by atoms with Crippen LogP contribution in [0.5, 0.6) is 11.5 Å². The number of nitrogens with one attached hydrogen (secondary N) is 1. The lowest BCUT2D eigenvalue weighted by Crippen LogP contribution is -2.33. The van der Waals surface area contributed by atoms with E-state index in [0.29, 0.717) is 34.5 Å².